The molecule has 116 valence electrons. The molecule has 23 heavy (non-hydrogen) atoms. The third-order valence-corrected chi connectivity index (χ3v) is 4.90. The maximum atomic E-state index is 11.9. The van der Waals surface area contributed by atoms with Gasteiger partial charge in [0.05, 0.1) is 0 Å². The first-order valence-corrected chi connectivity index (χ1v) is 8.82. The van der Waals surface area contributed by atoms with Gasteiger partial charge in [-0.25, -0.2) is 0 Å². The molecular formula is C19H17NO2S. The van der Waals surface area contributed by atoms with E-state index in [2.05, 4.69) is 30.3 Å². The van der Waals surface area contributed by atoms with E-state index in [1.54, 1.807) is 0 Å². The van der Waals surface area contributed by atoms with Crippen molar-refractivity contribution in [2.45, 2.75) is 5.75 Å². The summed E-state index contributed by atoms with van der Waals surface area (Å²) in [5, 5.41) is 2.39. The van der Waals surface area contributed by atoms with Crippen molar-refractivity contribution in [3.8, 4) is 11.1 Å². The van der Waals surface area contributed by atoms with Gasteiger partial charge in [0.2, 0.25) is 5.91 Å². The van der Waals surface area contributed by atoms with Gasteiger partial charge in [0.1, 0.15) is 5.75 Å². The Bertz CT molecular complexity index is 889. The van der Waals surface area contributed by atoms with Gasteiger partial charge in [-0.05, 0) is 33.5 Å². The van der Waals surface area contributed by atoms with Gasteiger partial charge in [0.15, 0.2) is 0 Å². The highest BCUT2D eigenvalue weighted by Gasteiger charge is 2.07. The molecule has 0 saturated heterocycles. The lowest BCUT2D eigenvalue weighted by atomic mass is 10.00. The van der Waals surface area contributed by atoms with Gasteiger partial charge in [-0.15, -0.1) is 0 Å². The van der Waals surface area contributed by atoms with Crippen molar-refractivity contribution in [1.29, 1.82) is 0 Å². The standard InChI is InChI=1S/C19H17NO2S/c20-19(21)13-23(22)12-14-4-3-7-16(10-14)18-9-8-15-5-1-2-6-17(15)11-18/h1-11H,12-13H2,(H2,20,21). The van der Waals surface area contributed by atoms with E-state index in [1.807, 2.05) is 36.4 Å². The van der Waals surface area contributed by atoms with Crippen LogP contribution in [0.3, 0.4) is 0 Å². The van der Waals surface area contributed by atoms with E-state index in [1.165, 1.54) is 10.8 Å². The molecule has 0 bridgehead atoms. The first kappa shape index (κ1) is 15.4. The maximum absolute atomic E-state index is 11.9. The number of carbonyl (C=O) groups excluding carboxylic acids is 1. The molecule has 0 saturated carbocycles. The molecule has 3 rings (SSSR count). The summed E-state index contributed by atoms with van der Waals surface area (Å²) in [7, 11) is -1.26. The number of hydrogen-bond acceptors (Lipinski definition) is 2. The maximum Gasteiger partial charge on any atom is 0.230 e. The lowest BCUT2D eigenvalue weighted by Crippen LogP contribution is -2.20. The monoisotopic (exact) mass is 323 g/mol. The Labute approximate surface area is 137 Å². The molecular weight excluding hydrogens is 306 g/mol. The van der Waals surface area contributed by atoms with E-state index in [-0.39, 0.29) is 5.75 Å². The molecule has 4 heteroatoms. The minimum atomic E-state index is -1.26. The highest BCUT2D eigenvalue weighted by molar-refractivity contribution is 7.84. The summed E-state index contributed by atoms with van der Waals surface area (Å²) in [6, 6.07) is 22.5. The lowest BCUT2D eigenvalue weighted by molar-refractivity contribution is -0.115. The number of nitrogens with two attached hydrogens (primary N) is 1. The number of carbonyl (C=O) groups is 1. The Morgan fingerprint density at radius 3 is 2.39 bits per heavy atom. The molecule has 3 nitrogen and oxygen atoms in total. The van der Waals surface area contributed by atoms with Gasteiger partial charge in [0, 0.05) is 16.6 Å². The van der Waals surface area contributed by atoms with Crippen LogP contribution in [0.1, 0.15) is 5.56 Å². The number of hydrogen-bond donors (Lipinski definition) is 1. The second kappa shape index (κ2) is 6.75. The van der Waals surface area contributed by atoms with Crippen LogP contribution in [-0.4, -0.2) is 15.9 Å². The van der Waals surface area contributed by atoms with E-state index in [4.69, 9.17) is 5.73 Å². The molecule has 1 amide bonds. The van der Waals surface area contributed by atoms with Crippen LogP contribution in [0.2, 0.25) is 0 Å². The van der Waals surface area contributed by atoms with Crippen molar-refractivity contribution in [3.05, 3.63) is 72.3 Å². The van der Waals surface area contributed by atoms with Crippen LogP contribution in [0.4, 0.5) is 0 Å². The van der Waals surface area contributed by atoms with Gasteiger partial charge in [0.25, 0.3) is 0 Å². The molecule has 0 spiro atoms. The average molecular weight is 323 g/mol. The molecule has 2 N–H and O–H groups in total. The van der Waals surface area contributed by atoms with Crippen LogP contribution in [-0.2, 0) is 21.3 Å². The quantitative estimate of drug-likeness (QED) is 0.783. The molecule has 0 heterocycles. The summed E-state index contributed by atoms with van der Waals surface area (Å²) in [6.45, 7) is 0. The third-order valence-electron chi connectivity index (χ3n) is 3.64. The minimum Gasteiger partial charge on any atom is -0.369 e. The van der Waals surface area contributed by atoms with Crippen molar-refractivity contribution in [2.75, 3.05) is 5.75 Å². The number of amides is 1. The highest BCUT2D eigenvalue weighted by atomic mass is 32.2. The SMILES string of the molecule is NC(=O)CS(=O)Cc1cccc(-c2ccc3ccccc3c2)c1. The highest BCUT2D eigenvalue weighted by Crippen LogP contribution is 2.25. The van der Waals surface area contributed by atoms with E-state index in [9.17, 15) is 9.00 Å². The largest absolute Gasteiger partial charge is 0.369 e. The van der Waals surface area contributed by atoms with Gasteiger partial charge in [-0.3, -0.25) is 9.00 Å². The zero-order valence-electron chi connectivity index (χ0n) is 12.6. The van der Waals surface area contributed by atoms with Gasteiger partial charge >= 0.3 is 0 Å². The second-order valence-electron chi connectivity index (χ2n) is 5.46. The zero-order valence-corrected chi connectivity index (χ0v) is 13.4. The second-order valence-corrected chi connectivity index (χ2v) is 6.91. The smallest absolute Gasteiger partial charge is 0.230 e. The number of benzene rings is 3. The molecule has 3 aromatic rings. The molecule has 0 aromatic heterocycles. The lowest BCUT2D eigenvalue weighted by Gasteiger charge is -2.07. The van der Waals surface area contributed by atoms with E-state index in [0.29, 0.717) is 5.75 Å². The molecule has 1 atom stereocenters. The Hall–Kier alpha value is -2.46. The normalized spacial score (nSPS) is 12.2. The zero-order chi connectivity index (χ0) is 16.2. The molecule has 0 aliphatic heterocycles. The summed E-state index contributed by atoms with van der Waals surface area (Å²) < 4.78 is 11.9. The van der Waals surface area contributed by atoms with Crippen LogP contribution in [0.15, 0.2) is 66.7 Å². The van der Waals surface area contributed by atoms with Crippen molar-refractivity contribution in [2.24, 2.45) is 5.73 Å². The van der Waals surface area contributed by atoms with Crippen molar-refractivity contribution < 1.29 is 9.00 Å². The van der Waals surface area contributed by atoms with Crippen molar-refractivity contribution in [3.63, 3.8) is 0 Å². The summed E-state index contributed by atoms with van der Waals surface area (Å²) >= 11 is 0. The van der Waals surface area contributed by atoms with Gasteiger partial charge in [-0.1, -0.05) is 60.7 Å². The van der Waals surface area contributed by atoms with Crippen LogP contribution in [0.25, 0.3) is 21.9 Å². The number of primary amides is 1. The average Bonchev–Trinajstić information content (AvgIpc) is 2.54. The Morgan fingerprint density at radius 1 is 0.870 bits per heavy atom. The third kappa shape index (κ3) is 3.85. The topological polar surface area (TPSA) is 60.2 Å². The first-order chi connectivity index (χ1) is 11.1. The van der Waals surface area contributed by atoms with Crippen LogP contribution in [0, 0.1) is 0 Å². The van der Waals surface area contributed by atoms with E-state index < -0.39 is 16.7 Å². The fourth-order valence-corrected chi connectivity index (χ4v) is 3.58. The Kier molecular flexibility index (Phi) is 4.53. The van der Waals surface area contributed by atoms with Crippen molar-refractivity contribution >= 4 is 27.5 Å². The molecule has 0 radical (unpaired) electrons. The molecule has 3 aromatic carbocycles. The molecule has 1 unspecified atom stereocenters. The van der Waals surface area contributed by atoms with Crippen LogP contribution < -0.4 is 5.73 Å². The first-order valence-electron chi connectivity index (χ1n) is 7.33. The summed E-state index contributed by atoms with van der Waals surface area (Å²) in [5.74, 6) is -0.293. The van der Waals surface area contributed by atoms with Gasteiger partial charge < -0.3 is 5.73 Å². The van der Waals surface area contributed by atoms with Crippen molar-refractivity contribution in [1.82, 2.24) is 0 Å². The fraction of sp³-hybridized carbons (Fsp3) is 0.105. The predicted octanol–water partition coefficient (Wildman–Crippen LogP) is 3.24. The summed E-state index contributed by atoms with van der Waals surface area (Å²) in [4.78, 5) is 10.8. The Balaban J connectivity index is 1.88. The fourth-order valence-electron chi connectivity index (χ4n) is 2.61. The summed E-state index contributed by atoms with van der Waals surface area (Å²) in [6.07, 6.45) is 0. The van der Waals surface area contributed by atoms with Crippen LogP contribution >= 0.6 is 0 Å². The van der Waals surface area contributed by atoms with E-state index in [0.717, 1.165) is 16.7 Å². The van der Waals surface area contributed by atoms with Gasteiger partial charge in [-0.2, -0.15) is 0 Å². The molecule has 0 fully saturated rings. The number of rotatable bonds is 5. The number of fused-ring (bicyclic) bond motifs is 1. The molecule has 0 aliphatic rings. The van der Waals surface area contributed by atoms with Crippen LogP contribution in [0.5, 0.6) is 0 Å². The Morgan fingerprint density at radius 2 is 1.61 bits per heavy atom. The van der Waals surface area contributed by atoms with E-state index >= 15 is 0 Å². The minimum absolute atomic E-state index is 0.0970. The summed E-state index contributed by atoms with van der Waals surface area (Å²) in [5.41, 5.74) is 8.22. The predicted molar refractivity (Wildman–Crippen MR) is 95.3 cm³/mol. The molecule has 0 aliphatic carbocycles.